The molecule has 0 aliphatic carbocycles. The van der Waals surface area contributed by atoms with Crippen LogP contribution in [0.4, 0.5) is 8.78 Å². The zero-order valence-electron chi connectivity index (χ0n) is 10.9. The maximum Gasteiger partial charge on any atom is 0.123 e. The molecular weight excluding hydrogens is 244 g/mol. The van der Waals surface area contributed by atoms with Crippen LogP contribution in [0.5, 0.6) is 0 Å². The second kappa shape index (κ2) is 5.49. The zero-order valence-corrected chi connectivity index (χ0v) is 10.9. The Morgan fingerprint density at radius 2 is 1.63 bits per heavy atom. The summed E-state index contributed by atoms with van der Waals surface area (Å²) < 4.78 is 26.5. The van der Waals surface area contributed by atoms with E-state index in [1.165, 1.54) is 24.3 Å². The Labute approximate surface area is 112 Å². The highest BCUT2D eigenvalue weighted by atomic mass is 19.1. The second-order valence-corrected chi connectivity index (χ2v) is 4.83. The lowest BCUT2D eigenvalue weighted by atomic mass is 9.82. The van der Waals surface area contributed by atoms with E-state index in [0.717, 1.165) is 11.1 Å². The first-order valence-electron chi connectivity index (χ1n) is 6.33. The van der Waals surface area contributed by atoms with Gasteiger partial charge in [0, 0.05) is 5.54 Å². The van der Waals surface area contributed by atoms with E-state index in [1.54, 1.807) is 12.1 Å². The Morgan fingerprint density at radius 3 is 2.21 bits per heavy atom. The average molecular weight is 261 g/mol. The molecule has 0 radical (unpaired) electrons. The van der Waals surface area contributed by atoms with Gasteiger partial charge in [-0.1, -0.05) is 31.2 Å². The summed E-state index contributed by atoms with van der Waals surface area (Å²) >= 11 is 0. The molecule has 2 aromatic rings. The van der Waals surface area contributed by atoms with Crippen LogP contribution >= 0.6 is 0 Å². The molecule has 0 saturated carbocycles. The van der Waals surface area contributed by atoms with E-state index in [9.17, 15) is 8.78 Å². The number of hydrogen-bond donors (Lipinski definition) is 1. The Hall–Kier alpha value is -1.74. The van der Waals surface area contributed by atoms with Crippen molar-refractivity contribution in [1.29, 1.82) is 0 Å². The van der Waals surface area contributed by atoms with Crippen LogP contribution in [0.3, 0.4) is 0 Å². The first-order valence-corrected chi connectivity index (χ1v) is 6.33. The summed E-state index contributed by atoms with van der Waals surface area (Å²) in [5, 5.41) is 0. The minimum absolute atomic E-state index is 0.282. The van der Waals surface area contributed by atoms with Gasteiger partial charge < -0.3 is 5.73 Å². The molecular formula is C16H17F2N. The Bertz CT molecular complexity index is 568. The minimum Gasteiger partial charge on any atom is -0.321 e. The molecule has 0 bridgehead atoms. The summed E-state index contributed by atoms with van der Waals surface area (Å²) in [6.07, 6.45) is 1.12. The van der Waals surface area contributed by atoms with Gasteiger partial charge in [0.2, 0.25) is 0 Å². The van der Waals surface area contributed by atoms with Gasteiger partial charge in [0.25, 0.3) is 0 Å². The van der Waals surface area contributed by atoms with Gasteiger partial charge in [-0.2, -0.15) is 0 Å². The van der Waals surface area contributed by atoms with Crippen LogP contribution in [0.25, 0.3) is 0 Å². The third-order valence-electron chi connectivity index (χ3n) is 3.44. The van der Waals surface area contributed by atoms with Crippen LogP contribution in [-0.4, -0.2) is 0 Å². The predicted molar refractivity (Wildman–Crippen MR) is 72.7 cm³/mol. The van der Waals surface area contributed by atoms with Crippen LogP contribution in [0.2, 0.25) is 0 Å². The van der Waals surface area contributed by atoms with E-state index in [2.05, 4.69) is 0 Å². The van der Waals surface area contributed by atoms with E-state index in [4.69, 9.17) is 5.73 Å². The molecule has 0 saturated heterocycles. The molecule has 0 aliphatic heterocycles. The van der Waals surface area contributed by atoms with Crippen LogP contribution < -0.4 is 5.73 Å². The normalized spacial score (nSPS) is 14.1. The lowest BCUT2D eigenvalue weighted by molar-refractivity contribution is 0.421. The quantitative estimate of drug-likeness (QED) is 0.890. The third kappa shape index (κ3) is 3.18. The van der Waals surface area contributed by atoms with Crippen LogP contribution in [0, 0.1) is 11.6 Å². The Balaban J connectivity index is 2.32. The summed E-state index contributed by atoms with van der Waals surface area (Å²) in [6, 6.07) is 12.7. The number of hydrogen-bond acceptors (Lipinski definition) is 1. The van der Waals surface area contributed by atoms with E-state index >= 15 is 0 Å². The molecule has 2 aromatic carbocycles. The highest BCUT2D eigenvalue weighted by Gasteiger charge is 2.26. The van der Waals surface area contributed by atoms with Gasteiger partial charge in [-0.3, -0.25) is 0 Å². The fourth-order valence-electron chi connectivity index (χ4n) is 2.24. The van der Waals surface area contributed by atoms with Gasteiger partial charge in [0.05, 0.1) is 0 Å². The van der Waals surface area contributed by atoms with E-state index < -0.39 is 5.54 Å². The first kappa shape index (κ1) is 13.7. The lowest BCUT2D eigenvalue weighted by Gasteiger charge is -2.29. The van der Waals surface area contributed by atoms with Crippen molar-refractivity contribution in [3.05, 3.63) is 71.3 Å². The first-order chi connectivity index (χ1) is 9.03. The standard InChI is InChI=1S/C16H17F2N/c1-2-16(19,13-6-4-8-15(18)10-13)11-12-5-3-7-14(17)9-12/h3-10H,2,11,19H2,1H3. The molecule has 3 heteroatoms. The maximum absolute atomic E-state index is 13.3. The number of rotatable bonds is 4. The summed E-state index contributed by atoms with van der Waals surface area (Å²) in [5.41, 5.74) is 7.24. The van der Waals surface area contributed by atoms with Crippen molar-refractivity contribution in [2.45, 2.75) is 25.3 Å². The fraction of sp³-hybridized carbons (Fsp3) is 0.250. The minimum atomic E-state index is -0.685. The van der Waals surface area contributed by atoms with E-state index in [-0.39, 0.29) is 11.6 Å². The monoisotopic (exact) mass is 261 g/mol. The van der Waals surface area contributed by atoms with Crippen LogP contribution in [0.15, 0.2) is 48.5 Å². The van der Waals surface area contributed by atoms with Gasteiger partial charge in [0.1, 0.15) is 11.6 Å². The van der Waals surface area contributed by atoms with Crippen molar-refractivity contribution in [3.63, 3.8) is 0 Å². The largest absolute Gasteiger partial charge is 0.321 e. The van der Waals surface area contributed by atoms with E-state index in [1.807, 2.05) is 19.1 Å². The summed E-state index contributed by atoms with van der Waals surface area (Å²) in [4.78, 5) is 0. The highest BCUT2D eigenvalue weighted by molar-refractivity contribution is 5.29. The van der Waals surface area contributed by atoms with Gasteiger partial charge in [0.15, 0.2) is 0 Å². The number of halogens is 2. The van der Waals surface area contributed by atoms with Crippen molar-refractivity contribution in [1.82, 2.24) is 0 Å². The van der Waals surface area contributed by atoms with Crippen LogP contribution in [0.1, 0.15) is 24.5 Å². The molecule has 0 aromatic heterocycles. The second-order valence-electron chi connectivity index (χ2n) is 4.83. The van der Waals surface area contributed by atoms with Gasteiger partial charge >= 0.3 is 0 Å². The highest BCUT2D eigenvalue weighted by Crippen LogP contribution is 2.27. The predicted octanol–water partition coefficient (Wildman–Crippen LogP) is 3.77. The smallest absolute Gasteiger partial charge is 0.123 e. The molecule has 1 nitrogen and oxygen atoms in total. The molecule has 100 valence electrons. The molecule has 2 N–H and O–H groups in total. The Morgan fingerprint density at radius 1 is 1.00 bits per heavy atom. The number of nitrogens with two attached hydrogens (primary N) is 1. The Kier molecular flexibility index (Phi) is 3.96. The molecule has 0 fully saturated rings. The molecule has 0 heterocycles. The van der Waals surface area contributed by atoms with Crippen molar-refractivity contribution in [3.8, 4) is 0 Å². The van der Waals surface area contributed by atoms with Gasteiger partial charge in [-0.15, -0.1) is 0 Å². The summed E-state index contributed by atoms with van der Waals surface area (Å²) in [7, 11) is 0. The summed E-state index contributed by atoms with van der Waals surface area (Å²) in [5.74, 6) is -0.588. The molecule has 0 amide bonds. The van der Waals surface area contributed by atoms with Crippen molar-refractivity contribution in [2.75, 3.05) is 0 Å². The maximum atomic E-state index is 13.3. The molecule has 1 atom stereocenters. The van der Waals surface area contributed by atoms with Crippen LogP contribution in [-0.2, 0) is 12.0 Å². The SMILES string of the molecule is CCC(N)(Cc1cccc(F)c1)c1cccc(F)c1. The lowest BCUT2D eigenvalue weighted by Crippen LogP contribution is -2.38. The number of benzene rings is 2. The molecule has 2 rings (SSSR count). The van der Waals surface area contributed by atoms with Gasteiger partial charge in [-0.25, -0.2) is 8.78 Å². The summed E-state index contributed by atoms with van der Waals surface area (Å²) in [6.45, 7) is 1.95. The van der Waals surface area contributed by atoms with Crippen molar-refractivity contribution in [2.24, 2.45) is 5.73 Å². The third-order valence-corrected chi connectivity index (χ3v) is 3.44. The average Bonchev–Trinajstić information content (AvgIpc) is 2.38. The molecule has 1 unspecified atom stereocenters. The van der Waals surface area contributed by atoms with E-state index in [0.29, 0.717) is 12.8 Å². The molecule has 0 aliphatic rings. The zero-order chi connectivity index (χ0) is 13.9. The topological polar surface area (TPSA) is 26.0 Å². The fourth-order valence-corrected chi connectivity index (χ4v) is 2.24. The van der Waals surface area contributed by atoms with Gasteiger partial charge in [-0.05, 0) is 48.2 Å². The molecule has 19 heavy (non-hydrogen) atoms. The molecule has 0 spiro atoms. The van der Waals surface area contributed by atoms with Crippen molar-refractivity contribution >= 4 is 0 Å². The van der Waals surface area contributed by atoms with Crippen molar-refractivity contribution < 1.29 is 8.78 Å².